The maximum atomic E-state index is 11.2. The van der Waals surface area contributed by atoms with Gasteiger partial charge in [0.15, 0.2) is 0 Å². The van der Waals surface area contributed by atoms with Crippen LogP contribution in [0.4, 0.5) is 0 Å². The van der Waals surface area contributed by atoms with E-state index in [9.17, 15) is 4.79 Å². The third-order valence-corrected chi connectivity index (χ3v) is 4.83. The molecule has 0 N–H and O–H groups in total. The zero-order valence-corrected chi connectivity index (χ0v) is 17.0. The predicted molar refractivity (Wildman–Crippen MR) is 110 cm³/mol. The van der Waals surface area contributed by atoms with Crippen molar-refractivity contribution < 1.29 is 9.53 Å². The second kappa shape index (κ2) is 7.94. The Labute approximate surface area is 157 Å². The van der Waals surface area contributed by atoms with Crippen molar-refractivity contribution in [2.24, 2.45) is 5.41 Å². The summed E-state index contributed by atoms with van der Waals surface area (Å²) in [6.45, 7) is 17.6. The molecule has 0 saturated carbocycles. The molecule has 0 amide bonds. The van der Waals surface area contributed by atoms with Crippen molar-refractivity contribution >= 4 is 22.4 Å². The summed E-state index contributed by atoms with van der Waals surface area (Å²) in [5, 5.41) is 1.27. The number of nitrogens with zero attached hydrogens (tertiary/aromatic N) is 1. The molecule has 1 aromatic heterocycles. The van der Waals surface area contributed by atoms with Crippen LogP contribution in [0.3, 0.4) is 0 Å². The minimum atomic E-state index is -0.226. The van der Waals surface area contributed by atoms with Gasteiger partial charge in [0.25, 0.3) is 0 Å². The fourth-order valence-corrected chi connectivity index (χ4v) is 3.51. The van der Waals surface area contributed by atoms with Crippen molar-refractivity contribution in [3.05, 3.63) is 53.8 Å². The number of rotatable bonds is 7. The second-order valence-electron chi connectivity index (χ2n) is 7.69. The number of esters is 1. The minimum absolute atomic E-state index is 0.125. The normalized spacial score (nSPS) is 12.1. The SMILES string of the molecule is C=C(/C=C/C)c1ccc2c(c1)c(CC(C)(C)COC(C)=O)c(C)n2CC. The van der Waals surface area contributed by atoms with E-state index in [4.69, 9.17) is 4.74 Å². The van der Waals surface area contributed by atoms with Crippen LogP contribution in [0.5, 0.6) is 0 Å². The van der Waals surface area contributed by atoms with Gasteiger partial charge in [0.05, 0.1) is 6.61 Å². The van der Waals surface area contributed by atoms with Crippen LogP contribution in [-0.2, 0) is 22.5 Å². The molecular formula is C23H31NO2. The van der Waals surface area contributed by atoms with Gasteiger partial charge in [0, 0.05) is 35.5 Å². The molecule has 0 saturated heterocycles. The smallest absolute Gasteiger partial charge is 0.302 e. The monoisotopic (exact) mass is 353 g/mol. The Morgan fingerprint density at radius 3 is 2.62 bits per heavy atom. The molecule has 0 atom stereocenters. The van der Waals surface area contributed by atoms with E-state index in [2.05, 4.69) is 57.0 Å². The number of allylic oxidation sites excluding steroid dienone is 3. The Morgan fingerprint density at radius 1 is 1.35 bits per heavy atom. The minimum Gasteiger partial charge on any atom is -0.465 e. The van der Waals surface area contributed by atoms with E-state index in [0.29, 0.717) is 6.61 Å². The van der Waals surface area contributed by atoms with Gasteiger partial charge in [-0.05, 0) is 56.0 Å². The number of carbonyl (C=O) groups is 1. The molecule has 26 heavy (non-hydrogen) atoms. The van der Waals surface area contributed by atoms with Gasteiger partial charge in [-0.1, -0.05) is 38.6 Å². The fourth-order valence-electron chi connectivity index (χ4n) is 3.51. The molecule has 140 valence electrons. The third kappa shape index (κ3) is 4.27. The maximum absolute atomic E-state index is 11.2. The molecule has 0 fully saturated rings. The van der Waals surface area contributed by atoms with E-state index in [1.54, 1.807) is 0 Å². The number of hydrogen-bond acceptors (Lipinski definition) is 2. The Hall–Kier alpha value is -2.29. The molecule has 0 aliphatic carbocycles. The van der Waals surface area contributed by atoms with Gasteiger partial charge >= 0.3 is 5.97 Å². The molecule has 1 aromatic carbocycles. The first-order valence-electron chi connectivity index (χ1n) is 9.27. The van der Waals surface area contributed by atoms with Crippen molar-refractivity contribution in [1.82, 2.24) is 4.57 Å². The van der Waals surface area contributed by atoms with Gasteiger partial charge in [-0.15, -0.1) is 0 Å². The molecule has 3 heteroatoms. The topological polar surface area (TPSA) is 31.2 Å². The summed E-state index contributed by atoms with van der Waals surface area (Å²) in [7, 11) is 0. The Morgan fingerprint density at radius 2 is 2.04 bits per heavy atom. The summed E-state index contributed by atoms with van der Waals surface area (Å²) in [4.78, 5) is 11.2. The molecule has 0 radical (unpaired) electrons. The van der Waals surface area contributed by atoms with Crippen LogP contribution < -0.4 is 0 Å². The highest BCUT2D eigenvalue weighted by Crippen LogP contribution is 2.34. The van der Waals surface area contributed by atoms with Gasteiger partial charge in [-0.3, -0.25) is 4.79 Å². The molecule has 0 unspecified atom stereocenters. The molecule has 2 aromatic rings. The van der Waals surface area contributed by atoms with Crippen molar-refractivity contribution in [3.8, 4) is 0 Å². The molecule has 2 rings (SSSR count). The van der Waals surface area contributed by atoms with E-state index in [-0.39, 0.29) is 11.4 Å². The number of carbonyl (C=O) groups excluding carboxylic acids is 1. The maximum Gasteiger partial charge on any atom is 0.302 e. The molecular weight excluding hydrogens is 322 g/mol. The second-order valence-corrected chi connectivity index (χ2v) is 7.69. The van der Waals surface area contributed by atoms with E-state index in [1.807, 2.05) is 19.1 Å². The lowest BCUT2D eigenvalue weighted by Gasteiger charge is -2.24. The van der Waals surface area contributed by atoms with E-state index < -0.39 is 0 Å². The first-order valence-corrected chi connectivity index (χ1v) is 9.27. The summed E-state index contributed by atoms with van der Waals surface area (Å²) < 4.78 is 7.64. The van der Waals surface area contributed by atoms with Crippen LogP contribution in [-0.4, -0.2) is 17.1 Å². The number of hydrogen-bond donors (Lipinski definition) is 0. The molecule has 0 spiro atoms. The average molecular weight is 354 g/mol. The third-order valence-electron chi connectivity index (χ3n) is 4.83. The Kier molecular flexibility index (Phi) is 6.12. The van der Waals surface area contributed by atoms with E-state index in [0.717, 1.165) is 24.1 Å². The van der Waals surface area contributed by atoms with Crippen LogP contribution >= 0.6 is 0 Å². The quantitative estimate of drug-likeness (QED) is 0.473. The summed E-state index contributed by atoms with van der Waals surface area (Å²) >= 11 is 0. The lowest BCUT2D eigenvalue weighted by molar-refractivity contribution is -0.143. The zero-order chi connectivity index (χ0) is 19.5. The van der Waals surface area contributed by atoms with Gasteiger partial charge in [0.2, 0.25) is 0 Å². The van der Waals surface area contributed by atoms with Gasteiger partial charge in [-0.25, -0.2) is 0 Å². The first kappa shape index (κ1) is 20.0. The number of benzene rings is 1. The number of ether oxygens (including phenoxy) is 1. The standard InChI is InChI=1S/C23H31NO2/c1-8-10-16(3)19-11-12-22-20(13-19)21(17(4)24(22)9-2)14-23(6,7)15-26-18(5)25/h8,10-13H,3,9,14-15H2,1-2,4-7H3/b10-8+. The van der Waals surface area contributed by atoms with Gasteiger partial charge in [-0.2, -0.15) is 0 Å². The molecule has 0 bridgehead atoms. The number of fused-ring (bicyclic) bond motifs is 1. The Balaban J connectivity index is 2.52. The van der Waals surface area contributed by atoms with Gasteiger partial charge < -0.3 is 9.30 Å². The highest BCUT2D eigenvalue weighted by Gasteiger charge is 2.25. The molecule has 1 heterocycles. The number of aryl methyl sites for hydroxylation is 1. The predicted octanol–water partition coefficient (Wildman–Crippen LogP) is 5.69. The fraction of sp³-hybridized carbons (Fsp3) is 0.435. The van der Waals surface area contributed by atoms with E-state index >= 15 is 0 Å². The van der Waals surface area contributed by atoms with Crippen molar-refractivity contribution in [3.63, 3.8) is 0 Å². The van der Waals surface area contributed by atoms with Gasteiger partial charge in [0.1, 0.15) is 0 Å². The summed E-state index contributed by atoms with van der Waals surface area (Å²) in [5.41, 5.74) is 5.89. The number of aromatic nitrogens is 1. The summed E-state index contributed by atoms with van der Waals surface area (Å²) in [6, 6.07) is 6.58. The molecule has 0 aliphatic heterocycles. The van der Waals surface area contributed by atoms with Crippen molar-refractivity contribution in [2.45, 2.75) is 54.5 Å². The van der Waals surface area contributed by atoms with Crippen LogP contribution in [0.2, 0.25) is 0 Å². The lowest BCUT2D eigenvalue weighted by atomic mass is 9.85. The van der Waals surface area contributed by atoms with Crippen molar-refractivity contribution in [1.29, 1.82) is 0 Å². The zero-order valence-electron chi connectivity index (χ0n) is 17.0. The highest BCUT2D eigenvalue weighted by atomic mass is 16.5. The van der Waals surface area contributed by atoms with Crippen LogP contribution in [0.15, 0.2) is 36.9 Å². The van der Waals surface area contributed by atoms with Crippen molar-refractivity contribution in [2.75, 3.05) is 6.61 Å². The highest BCUT2D eigenvalue weighted by molar-refractivity contribution is 5.90. The first-order chi connectivity index (χ1) is 12.2. The lowest BCUT2D eigenvalue weighted by Crippen LogP contribution is -2.24. The van der Waals surface area contributed by atoms with Crippen LogP contribution in [0.25, 0.3) is 16.5 Å². The van der Waals surface area contributed by atoms with Crippen LogP contribution in [0, 0.1) is 12.3 Å². The molecule has 0 aliphatic rings. The Bertz CT molecular complexity index is 853. The summed E-state index contributed by atoms with van der Waals surface area (Å²) in [5.74, 6) is -0.226. The molecule has 3 nitrogen and oxygen atoms in total. The van der Waals surface area contributed by atoms with E-state index in [1.165, 1.54) is 29.1 Å². The van der Waals surface area contributed by atoms with Crippen LogP contribution in [0.1, 0.15) is 51.4 Å². The average Bonchev–Trinajstić information content (AvgIpc) is 2.84. The summed E-state index contributed by atoms with van der Waals surface area (Å²) in [6.07, 6.45) is 4.91. The largest absolute Gasteiger partial charge is 0.465 e.